The van der Waals surface area contributed by atoms with Gasteiger partial charge in [-0.2, -0.15) is 0 Å². The monoisotopic (exact) mass is 665 g/mol. The first kappa shape index (κ1) is 34.0. The van der Waals surface area contributed by atoms with Crippen molar-refractivity contribution in [1.82, 2.24) is 10.2 Å². The van der Waals surface area contributed by atoms with Crippen molar-refractivity contribution in [1.29, 1.82) is 0 Å². The number of amides is 2. The Labute approximate surface area is 275 Å². The molecule has 0 saturated carbocycles. The number of anilines is 1. The van der Waals surface area contributed by atoms with Crippen molar-refractivity contribution < 1.29 is 18.0 Å². The van der Waals surface area contributed by atoms with Crippen LogP contribution in [0.2, 0.25) is 10.0 Å². The molecule has 4 aromatic rings. The largest absolute Gasteiger partial charge is 0.354 e. The minimum Gasteiger partial charge on any atom is -0.354 e. The average Bonchev–Trinajstić information content (AvgIpc) is 3.02. The Hall–Kier alpha value is -3.85. The molecule has 2 amide bonds. The number of hydrogen-bond acceptors (Lipinski definition) is 4. The lowest BCUT2D eigenvalue weighted by atomic mass is 10.0. The van der Waals surface area contributed by atoms with Gasteiger partial charge in [-0.15, -0.1) is 0 Å². The zero-order valence-electron chi connectivity index (χ0n) is 25.5. The van der Waals surface area contributed by atoms with Gasteiger partial charge in [0.05, 0.1) is 10.6 Å². The van der Waals surface area contributed by atoms with Crippen molar-refractivity contribution in [3.8, 4) is 0 Å². The summed E-state index contributed by atoms with van der Waals surface area (Å²) in [7, 11) is -4.19. The summed E-state index contributed by atoms with van der Waals surface area (Å²) in [5, 5.41) is 3.58. The van der Waals surface area contributed by atoms with Crippen LogP contribution in [-0.2, 0) is 32.6 Å². The number of nitrogens with one attached hydrogen (secondary N) is 1. The van der Waals surface area contributed by atoms with E-state index in [-0.39, 0.29) is 23.8 Å². The second kappa shape index (κ2) is 15.4. The van der Waals surface area contributed by atoms with Crippen molar-refractivity contribution in [3.05, 3.63) is 129 Å². The Morgan fingerprint density at radius 1 is 0.822 bits per heavy atom. The first-order valence-electron chi connectivity index (χ1n) is 14.7. The van der Waals surface area contributed by atoms with Crippen LogP contribution in [0.1, 0.15) is 35.6 Å². The topological polar surface area (TPSA) is 86.8 Å². The number of rotatable bonds is 13. The second-order valence-corrected chi connectivity index (χ2v) is 13.6. The highest BCUT2D eigenvalue weighted by molar-refractivity contribution is 7.92. The number of halogens is 2. The van der Waals surface area contributed by atoms with E-state index in [1.165, 1.54) is 17.0 Å². The van der Waals surface area contributed by atoms with Crippen molar-refractivity contribution in [2.75, 3.05) is 17.4 Å². The van der Waals surface area contributed by atoms with Gasteiger partial charge in [-0.3, -0.25) is 13.9 Å². The fourth-order valence-electron chi connectivity index (χ4n) is 4.92. The third-order valence-electron chi connectivity index (χ3n) is 7.39. The average molecular weight is 667 g/mol. The fraction of sp³-hybridized carbons (Fsp3) is 0.257. The van der Waals surface area contributed by atoms with Gasteiger partial charge in [-0.1, -0.05) is 96.4 Å². The Morgan fingerprint density at radius 3 is 2.09 bits per heavy atom. The zero-order valence-corrected chi connectivity index (χ0v) is 27.9. The summed E-state index contributed by atoms with van der Waals surface area (Å²) in [5.74, 6) is -0.948. The van der Waals surface area contributed by atoms with Gasteiger partial charge in [0.1, 0.15) is 12.6 Å². The third-order valence-corrected chi connectivity index (χ3v) is 9.88. The molecule has 0 spiro atoms. The third kappa shape index (κ3) is 8.66. The number of hydrogen-bond donors (Lipinski definition) is 1. The van der Waals surface area contributed by atoms with Gasteiger partial charge >= 0.3 is 0 Å². The Balaban J connectivity index is 1.83. The van der Waals surface area contributed by atoms with Gasteiger partial charge < -0.3 is 10.2 Å². The van der Waals surface area contributed by atoms with E-state index in [0.29, 0.717) is 34.3 Å². The normalized spacial score (nSPS) is 11.9. The van der Waals surface area contributed by atoms with Crippen LogP contribution in [-0.4, -0.2) is 44.3 Å². The summed E-state index contributed by atoms with van der Waals surface area (Å²) < 4.78 is 29.4. The molecule has 0 aliphatic rings. The standard InChI is InChI=1S/C35H37Cl2N3O4S/c1-4-20-38-35(42)33(22-27-11-6-5-7-12-27)39(23-30-31(36)14-9-15-32(30)37)34(41)24-40(28-13-8-10-26(3)21-28)45(43,44)29-18-16-25(2)17-19-29/h5-19,21,33H,4,20,22-24H2,1-3H3,(H,38,42)/t33-/m0/s1. The number of carbonyl (C=O) groups is 2. The molecule has 0 bridgehead atoms. The highest BCUT2D eigenvalue weighted by Gasteiger charge is 2.35. The number of aryl methyl sites for hydroxylation is 2. The first-order chi connectivity index (χ1) is 21.5. The van der Waals surface area contributed by atoms with Crippen molar-refractivity contribution >= 4 is 50.7 Å². The molecule has 236 valence electrons. The van der Waals surface area contributed by atoms with Gasteiger partial charge in [0.15, 0.2) is 0 Å². The maximum absolute atomic E-state index is 14.5. The summed E-state index contributed by atoms with van der Waals surface area (Å²) in [6, 6.07) is 26.8. The molecule has 1 atom stereocenters. The molecule has 1 N–H and O–H groups in total. The minimum absolute atomic E-state index is 0.0460. The van der Waals surface area contributed by atoms with E-state index in [2.05, 4.69) is 5.32 Å². The lowest BCUT2D eigenvalue weighted by Gasteiger charge is -2.34. The van der Waals surface area contributed by atoms with Crippen LogP contribution in [0.3, 0.4) is 0 Å². The Morgan fingerprint density at radius 2 is 1.47 bits per heavy atom. The molecular formula is C35H37Cl2N3O4S. The maximum atomic E-state index is 14.5. The van der Waals surface area contributed by atoms with E-state index in [1.54, 1.807) is 48.5 Å². The number of nitrogens with zero attached hydrogens (tertiary/aromatic N) is 2. The lowest BCUT2D eigenvalue weighted by Crippen LogP contribution is -2.53. The Bertz CT molecular complexity index is 1710. The van der Waals surface area contributed by atoms with Crippen LogP contribution in [0.25, 0.3) is 0 Å². The van der Waals surface area contributed by atoms with E-state index in [1.807, 2.05) is 57.2 Å². The zero-order chi connectivity index (χ0) is 32.6. The maximum Gasteiger partial charge on any atom is 0.264 e. The van der Waals surface area contributed by atoms with Gasteiger partial charge in [-0.25, -0.2) is 8.42 Å². The lowest BCUT2D eigenvalue weighted by molar-refractivity contribution is -0.140. The molecule has 0 radical (unpaired) electrons. The summed E-state index contributed by atoms with van der Waals surface area (Å²) >= 11 is 13.1. The van der Waals surface area contributed by atoms with Crippen LogP contribution >= 0.6 is 23.2 Å². The smallest absolute Gasteiger partial charge is 0.264 e. The van der Waals surface area contributed by atoms with E-state index in [9.17, 15) is 18.0 Å². The van der Waals surface area contributed by atoms with E-state index in [0.717, 1.165) is 21.0 Å². The quantitative estimate of drug-likeness (QED) is 0.167. The summed E-state index contributed by atoms with van der Waals surface area (Å²) in [6.07, 6.45) is 0.892. The molecule has 4 rings (SSSR count). The highest BCUT2D eigenvalue weighted by Crippen LogP contribution is 2.29. The van der Waals surface area contributed by atoms with Crippen LogP contribution < -0.4 is 9.62 Å². The predicted octanol–water partition coefficient (Wildman–Crippen LogP) is 6.97. The molecule has 0 unspecified atom stereocenters. The molecular weight excluding hydrogens is 629 g/mol. The van der Waals surface area contributed by atoms with E-state index in [4.69, 9.17) is 23.2 Å². The number of benzene rings is 4. The van der Waals surface area contributed by atoms with E-state index < -0.39 is 28.5 Å². The molecule has 0 heterocycles. The van der Waals surface area contributed by atoms with Crippen LogP contribution in [0.4, 0.5) is 5.69 Å². The number of carbonyl (C=O) groups excluding carboxylic acids is 2. The van der Waals surface area contributed by atoms with E-state index >= 15 is 0 Å². The molecule has 0 fully saturated rings. The van der Waals surface area contributed by atoms with Crippen molar-refractivity contribution in [3.63, 3.8) is 0 Å². The first-order valence-corrected chi connectivity index (χ1v) is 16.9. The highest BCUT2D eigenvalue weighted by atomic mass is 35.5. The summed E-state index contributed by atoms with van der Waals surface area (Å²) in [4.78, 5) is 29.7. The van der Waals surface area contributed by atoms with Gasteiger partial charge in [-0.05, 0) is 67.8 Å². The molecule has 0 aliphatic carbocycles. The second-order valence-electron chi connectivity index (χ2n) is 10.9. The van der Waals surface area contributed by atoms with Crippen LogP contribution in [0.15, 0.2) is 102 Å². The van der Waals surface area contributed by atoms with Crippen molar-refractivity contribution in [2.24, 2.45) is 0 Å². The summed E-state index contributed by atoms with van der Waals surface area (Å²) in [6.45, 7) is 5.40. The van der Waals surface area contributed by atoms with Crippen molar-refractivity contribution in [2.45, 2.75) is 51.1 Å². The number of sulfonamides is 1. The summed E-state index contributed by atoms with van der Waals surface area (Å²) in [5.41, 5.74) is 3.34. The predicted molar refractivity (Wildman–Crippen MR) is 181 cm³/mol. The molecule has 7 nitrogen and oxygen atoms in total. The van der Waals surface area contributed by atoms with Gasteiger partial charge in [0, 0.05) is 35.1 Å². The fourth-order valence-corrected chi connectivity index (χ4v) is 6.85. The van der Waals surface area contributed by atoms with Gasteiger partial charge in [0.2, 0.25) is 11.8 Å². The molecule has 0 aliphatic heterocycles. The van der Waals surface area contributed by atoms with Crippen LogP contribution in [0, 0.1) is 13.8 Å². The SMILES string of the molecule is CCCNC(=O)[C@H](Cc1ccccc1)N(Cc1c(Cl)cccc1Cl)C(=O)CN(c1cccc(C)c1)S(=O)(=O)c1ccc(C)cc1. The minimum atomic E-state index is -4.19. The molecule has 45 heavy (non-hydrogen) atoms. The van der Waals surface area contributed by atoms with Gasteiger partial charge in [0.25, 0.3) is 10.0 Å². The molecule has 0 aromatic heterocycles. The molecule has 0 saturated heterocycles. The molecule has 10 heteroatoms. The Kier molecular flexibility index (Phi) is 11.7. The van der Waals surface area contributed by atoms with Crippen LogP contribution in [0.5, 0.6) is 0 Å². The molecule has 4 aromatic carbocycles.